The maximum absolute atomic E-state index is 13.5. The minimum Gasteiger partial charge on any atom is -0.368 e. The molecule has 2 aromatic heterocycles. The molecule has 0 N–H and O–H groups in total. The molecule has 160 valence electrons. The molecule has 2 aromatic carbocycles. The smallest absolute Gasteiger partial charge is 0.257 e. The van der Waals surface area contributed by atoms with E-state index < -0.39 is 0 Å². The van der Waals surface area contributed by atoms with E-state index in [2.05, 4.69) is 9.88 Å². The number of hydrogen-bond acceptors (Lipinski definition) is 4. The zero-order chi connectivity index (χ0) is 21.9. The molecule has 0 aliphatic carbocycles. The van der Waals surface area contributed by atoms with Crippen LogP contribution in [0.4, 0.5) is 5.69 Å². The molecule has 3 heterocycles. The van der Waals surface area contributed by atoms with E-state index >= 15 is 0 Å². The van der Waals surface area contributed by atoms with Crippen LogP contribution >= 0.6 is 11.6 Å². The van der Waals surface area contributed by atoms with E-state index in [1.807, 2.05) is 77.8 Å². The molecular formula is C25H22ClN5O. The van der Waals surface area contributed by atoms with Gasteiger partial charge in [0.15, 0.2) is 0 Å². The zero-order valence-electron chi connectivity index (χ0n) is 17.4. The lowest BCUT2D eigenvalue weighted by Crippen LogP contribution is -2.48. The van der Waals surface area contributed by atoms with E-state index in [4.69, 9.17) is 16.7 Å². The first kappa shape index (κ1) is 20.3. The Morgan fingerprint density at radius 2 is 1.66 bits per heavy atom. The van der Waals surface area contributed by atoms with Crippen molar-refractivity contribution in [2.75, 3.05) is 31.1 Å². The average Bonchev–Trinajstić information content (AvgIpc) is 3.30. The van der Waals surface area contributed by atoms with E-state index in [-0.39, 0.29) is 5.91 Å². The van der Waals surface area contributed by atoms with E-state index in [1.54, 1.807) is 17.1 Å². The fraction of sp³-hybridized carbons (Fsp3) is 0.160. The van der Waals surface area contributed by atoms with Crippen LogP contribution in [0.2, 0.25) is 5.02 Å². The Morgan fingerprint density at radius 3 is 2.38 bits per heavy atom. The Hall–Kier alpha value is -3.64. The van der Waals surface area contributed by atoms with E-state index in [0.29, 0.717) is 24.3 Å². The second kappa shape index (κ2) is 8.85. The highest BCUT2D eigenvalue weighted by Gasteiger charge is 2.27. The topological polar surface area (TPSA) is 54.3 Å². The van der Waals surface area contributed by atoms with E-state index in [0.717, 1.165) is 35.1 Å². The van der Waals surface area contributed by atoms with Gasteiger partial charge in [-0.25, -0.2) is 4.68 Å². The Labute approximate surface area is 191 Å². The predicted molar refractivity (Wildman–Crippen MR) is 126 cm³/mol. The first-order valence-corrected chi connectivity index (χ1v) is 10.9. The molecule has 4 aromatic rings. The monoisotopic (exact) mass is 443 g/mol. The number of benzene rings is 2. The number of pyridine rings is 1. The van der Waals surface area contributed by atoms with Gasteiger partial charge in [-0.15, -0.1) is 0 Å². The lowest BCUT2D eigenvalue weighted by Gasteiger charge is -2.36. The van der Waals surface area contributed by atoms with Crippen LogP contribution in [-0.4, -0.2) is 51.8 Å². The highest BCUT2D eigenvalue weighted by Crippen LogP contribution is 2.26. The highest BCUT2D eigenvalue weighted by molar-refractivity contribution is 6.30. The zero-order valence-corrected chi connectivity index (χ0v) is 18.2. The number of aromatic nitrogens is 3. The third-order valence-corrected chi connectivity index (χ3v) is 5.88. The summed E-state index contributed by atoms with van der Waals surface area (Å²) < 4.78 is 1.76. The molecule has 0 saturated carbocycles. The van der Waals surface area contributed by atoms with Crippen LogP contribution in [0, 0.1) is 0 Å². The molecule has 0 bridgehead atoms. The van der Waals surface area contributed by atoms with Gasteiger partial charge in [0, 0.05) is 61.0 Å². The quantitative estimate of drug-likeness (QED) is 0.464. The van der Waals surface area contributed by atoms with Gasteiger partial charge in [-0.3, -0.25) is 9.78 Å². The van der Waals surface area contributed by atoms with Crippen molar-refractivity contribution in [1.82, 2.24) is 19.7 Å². The Kier molecular flexibility index (Phi) is 5.60. The fourth-order valence-corrected chi connectivity index (χ4v) is 4.15. The van der Waals surface area contributed by atoms with Gasteiger partial charge >= 0.3 is 0 Å². The van der Waals surface area contributed by atoms with Crippen molar-refractivity contribution in [2.45, 2.75) is 0 Å². The maximum atomic E-state index is 13.5. The van der Waals surface area contributed by atoms with Gasteiger partial charge in [0.1, 0.15) is 5.69 Å². The first-order chi connectivity index (χ1) is 15.7. The molecule has 0 radical (unpaired) electrons. The SMILES string of the molecule is O=C(c1cn(-c2ccccc2)nc1-c1cccnc1)N1CCN(c2cccc(Cl)c2)CC1. The first-order valence-electron chi connectivity index (χ1n) is 10.5. The van der Waals surface area contributed by atoms with Crippen LogP contribution in [0.25, 0.3) is 16.9 Å². The fourth-order valence-electron chi connectivity index (χ4n) is 3.97. The molecule has 1 aliphatic heterocycles. The number of carbonyl (C=O) groups is 1. The van der Waals surface area contributed by atoms with Crippen LogP contribution in [0.5, 0.6) is 0 Å². The number of nitrogens with zero attached hydrogens (tertiary/aromatic N) is 5. The van der Waals surface area contributed by atoms with Crippen LogP contribution in [0.3, 0.4) is 0 Å². The van der Waals surface area contributed by atoms with Gasteiger partial charge in [0.2, 0.25) is 0 Å². The van der Waals surface area contributed by atoms with Gasteiger partial charge in [-0.05, 0) is 42.5 Å². The predicted octanol–water partition coefficient (Wildman–Crippen LogP) is 4.55. The molecular weight excluding hydrogens is 422 g/mol. The number of piperazine rings is 1. The highest BCUT2D eigenvalue weighted by atomic mass is 35.5. The molecule has 6 nitrogen and oxygen atoms in total. The van der Waals surface area contributed by atoms with Crippen molar-refractivity contribution in [3.05, 3.63) is 95.9 Å². The number of hydrogen-bond donors (Lipinski definition) is 0. The number of anilines is 1. The summed E-state index contributed by atoms with van der Waals surface area (Å²) in [5.74, 6) is -0.0169. The van der Waals surface area contributed by atoms with Crippen molar-refractivity contribution in [1.29, 1.82) is 0 Å². The molecule has 5 rings (SSSR count). The van der Waals surface area contributed by atoms with Gasteiger partial charge in [-0.2, -0.15) is 5.10 Å². The van der Waals surface area contributed by atoms with Gasteiger partial charge in [0.25, 0.3) is 5.91 Å². The minimum atomic E-state index is -0.0169. The number of rotatable bonds is 4. The molecule has 0 unspecified atom stereocenters. The van der Waals surface area contributed by atoms with Crippen LogP contribution in [0.1, 0.15) is 10.4 Å². The summed E-state index contributed by atoms with van der Waals surface area (Å²) in [6.07, 6.45) is 5.28. The third-order valence-electron chi connectivity index (χ3n) is 5.64. The van der Waals surface area contributed by atoms with E-state index in [1.165, 1.54) is 0 Å². The summed E-state index contributed by atoms with van der Waals surface area (Å²) in [4.78, 5) is 21.9. The van der Waals surface area contributed by atoms with Crippen molar-refractivity contribution in [3.8, 4) is 16.9 Å². The number of para-hydroxylation sites is 1. The number of carbonyl (C=O) groups excluding carboxylic acids is 1. The average molecular weight is 444 g/mol. The molecule has 1 amide bonds. The van der Waals surface area contributed by atoms with Gasteiger partial charge < -0.3 is 9.80 Å². The molecule has 1 saturated heterocycles. The largest absolute Gasteiger partial charge is 0.368 e. The lowest BCUT2D eigenvalue weighted by molar-refractivity contribution is 0.0747. The summed E-state index contributed by atoms with van der Waals surface area (Å²) in [5, 5.41) is 5.46. The maximum Gasteiger partial charge on any atom is 0.257 e. The standard InChI is InChI=1S/C25H22ClN5O/c26-20-7-4-10-22(16-20)29-12-14-30(15-13-29)25(32)23-18-31(21-8-2-1-3-9-21)28-24(23)19-6-5-11-27-17-19/h1-11,16-18H,12-15H2. The summed E-state index contributed by atoms with van der Waals surface area (Å²) in [6.45, 7) is 2.77. The molecule has 0 atom stereocenters. The molecule has 1 fully saturated rings. The van der Waals surface area contributed by atoms with Crippen molar-refractivity contribution < 1.29 is 4.79 Å². The third kappa shape index (κ3) is 4.09. The molecule has 32 heavy (non-hydrogen) atoms. The molecule has 0 spiro atoms. The second-order valence-electron chi connectivity index (χ2n) is 7.67. The van der Waals surface area contributed by atoms with Crippen LogP contribution < -0.4 is 4.90 Å². The van der Waals surface area contributed by atoms with Gasteiger partial charge in [0.05, 0.1) is 11.3 Å². The summed E-state index contributed by atoms with van der Waals surface area (Å²) in [6, 6.07) is 21.4. The Morgan fingerprint density at radius 1 is 0.875 bits per heavy atom. The minimum absolute atomic E-state index is 0.0169. The van der Waals surface area contributed by atoms with Crippen molar-refractivity contribution >= 4 is 23.2 Å². The Bertz CT molecular complexity index is 1220. The van der Waals surface area contributed by atoms with Crippen LogP contribution in [-0.2, 0) is 0 Å². The van der Waals surface area contributed by atoms with E-state index in [9.17, 15) is 4.79 Å². The normalized spacial score (nSPS) is 13.9. The van der Waals surface area contributed by atoms with Crippen molar-refractivity contribution in [3.63, 3.8) is 0 Å². The van der Waals surface area contributed by atoms with Crippen molar-refractivity contribution in [2.24, 2.45) is 0 Å². The molecule has 1 aliphatic rings. The Balaban J connectivity index is 1.41. The number of halogens is 1. The summed E-state index contributed by atoms with van der Waals surface area (Å²) in [7, 11) is 0. The molecule has 7 heteroatoms. The second-order valence-corrected chi connectivity index (χ2v) is 8.11. The van der Waals surface area contributed by atoms with Crippen LogP contribution in [0.15, 0.2) is 85.3 Å². The lowest BCUT2D eigenvalue weighted by atomic mass is 10.1. The van der Waals surface area contributed by atoms with Gasteiger partial charge in [-0.1, -0.05) is 35.9 Å². The number of amides is 1. The summed E-state index contributed by atoms with van der Waals surface area (Å²) in [5.41, 5.74) is 4.03. The summed E-state index contributed by atoms with van der Waals surface area (Å²) >= 11 is 6.15.